The van der Waals surface area contributed by atoms with Crippen molar-refractivity contribution in [2.24, 2.45) is 4.99 Å². The summed E-state index contributed by atoms with van der Waals surface area (Å²) in [5.41, 5.74) is 9.15. The van der Waals surface area contributed by atoms with Gasteiger partial charge in [0, 0.05) is 28.7 Å². The average Bonchev–Trinajstić information content (AvgIpc) is 2.77. The van der Waals surface area contributed by atoms with E-state index >= 15 is 0 Å². The van der Waals surface area contributed by atoms with E-state index in [9.17, 15) is 0 Å². The maximum absolute atomic E-state index is 5.91. The Morgan fingerprint density at radius 1 is 1.03 bits per heavy atom. The Kier molecular flexibility index (Phi) is 9.68. The molecule has 0 fully saturated rings. The van der Waals surface area contributed by atoms with Crippen LogP contribution in [0.2, 0.25) is 5.02 Å². The van der Waals surface area contributed by atoms with Crippen molar-refractivity contribution in [1.82, 2.24) is 4.98 Å². The molecule has 2 aromatic carbocycles. The zero-order valence-corrected chi connectivity index (χ0v) is 20.1. The molecule has 0 aliphatic carbocycles. The number of benzene rings is 2. The monoisotopic (exact) mass is 432 g/mol. The Bertz CT molecular complexity index is 1040. The molecule has 2 nitrogen and oxygen atoms in total. The lowest BCUT2D eigenvalue weighted by molar-refractivity contribution is 0.899. The second-order valence-electron chi connectivity index (χ2n) is 7.72. The van der Waals surface area contributed by atoms with E-state index in [0.717, 1.165) is 34.8 Å². The summed E-state index contributed by atoms with van der Waals surface area (Å²) in [4.78, 5) is 8.69. The normalized spacial score (nSPS) is 11.0. The first-order valence-corrected chi connectivity index (χ1v) is 11.2. The summed E-state index contributed by atoms with van der Waals surface area (Å²) >= 11 is 5.91. The topological polar surface area (TPSA) is 25.2 Å². The van der Waals surface area contributed by atoms with Crippen molar-refractivity contribution >= 4 is 23.0 Å². The number of aromatic nitrogens is 1. The van der Waals surface area contributed by atoms with E-state index in [0.29, 0.717) is 0 Å². The van der Waals surface area contributed by atoms with Gasteiger partial charge in [-0.25, -0.2) is 0 Å². The summed E-state index contributed by atoms with van der Waals surface area (Å²) in [6.07, 6.45) is 6.96. The van der Waals surface area contributed by atoms with Gasteiger partial charge < -0.3 is 0 Å². The summed E-state index contributed by atoms with van der Waals surface area (Å²) in [7, 11) is 0. The van der Waals surface area contributed by atoms with Crippen molar-refractivity contribution in [2.45, 2.75) is 53.9 Å². The average molecular weight is 433 g/mol. The SMILES string of the molecule is C=C(N=C(C)c1cc(C)ccc1C)c1cccnc1.CCCc1cc(Cl)ccc1CC. The highest BCUT2D eigenvalue weighted by Crippen LogP contribution is 2.18. The first-order chi connectivity index (χ1) is 14.8. The Balaban J connectivity index is 0.000000245. The molecule has 31 heavy (non-hydrogen) atoms. The number of aryl methyl sites for hydroxylation is 4. The maximum Gasteiger partial charge on any atom is 0.0649 e. The number of hydrogen-bond donors (Lipinski definition) is 0. The predicted molar refractivity (Wildman–Crippen MR) is 136 cm³/mol. The number of rotatable bonds is 6. The molecule has 1 aromatic heterocycles. The third-order valence-electron chi connectivity index (χ3n) is 5.15. The van der Waals surface area contributed by atoms with Crippen LogP contribution in [0.4, 0.5) is 0 Å². The van der Waals surface area contributed by atoms with Crippen LogP contribution in [0.25, 0.3) is 5.70 Å². The summed E-state index contributed by atoms with van der Waals surface area (Å²) in [5, 5.41) is 0.857. The lowest BCUT2D eigenvalue weighted by Gasteiger charge is -2.08. The molecule has 0 N–H and O–H groups in total. The van der Waals surface area contributed by atoms with Crippen LogP contribution >= 0.6 is 11.6 Å². The van der Waals surface area contributed by atoms with Gasteiger partial charge in [0.2, 0.25) is 0 Å². The van der Waals surface area contributed by atoms with Crippen LogP contribution in [0.5, 0.6) is 0 Å². The lowest BCUT2D eigenvalue weighted by atomic mass is 10.0. The lowest BCUT2D eigenvalue weighted by Crippen LogP contribution is -1.99. The fourth-order valence-corrected chi connectivity index (χ4v) is 3.62. The van der Waals surface area contributed by atoms with E-state index < -0.39 is 0 Å². The molecule has 0 spiro atoms. The van der Waals surface area contributed by atoms with Crippen molar-refractivity contribution < 1.29 is 0 Å². The van der Waals surface area contributed by atoms with Gasteiger partial charge in [-0.3, -0.25) is 9.98 Å². The number of halogens is 1. The molecule has 0 radical (unpaired) electrons. The van der Waals surface area contributed by atoms with E-state index in [4.69, 9.17) is 11.6 Å². The van der Waals surface area contributed by atoms with Crippen LogP contribution in [-0.2, 0) is 12.8 Å². The summed E-state index contributed by atoms with van der Waals surface area (Å²) < 4.78 is 0. The largest absolute Gasteiger partial charge is 0.264 e. The van der Waals surface area contributed by atoms with Gasteiger partial charge in [-0.2, -0.15) is 0 Å². The number of pyridine rings is 1. The minimum atomic E-state index is 0.742. The predicted octanol–water partition coefficient (Wildman–Crippen LogP) is 8.03. The van der Waals surface area contributed by atoms with Gasteiger partial charge in [0.25, 0.3) is 0 Å². The van der Waals surface area contributed by atoms with Gasteiger partial charge >= 0.3 is 0 Å². The maximum atomic E-state index is 5.91. The minimum absolute atomic E-state index is 0.742. The molecule has 3 rings (SSSR count). The molecule has 3 aromatic rings. The molecule has 0 unspecified atom stereocenters. The molecule has 0 atom stereocenters. The zero-order chi connectivity index (χ0) is 22.8. The molecule has 162 valence electrons. The van der Waals surface area contributed by atoms with Crippen molar-refractivity contribution in [1.29, 1.82) is 0 Å². The van der Waals surface area contributed by atoms with Crippen molar-refractivity contribution in [3.8, 4) is 0 Å². The molecular formula is C28H33ClN2. The van der Waals surface area contributed by atoms with E-state index in [-0.39, 0.29) is 0 Å². The molecule has 0 bridgehead atoms. The molecule has 0 saturated heterocycles. The van der Waals surface area contributed by atoms with Crippen LogP contribution in [-0.4, -0.2) is 10.7 Å². The summed E-state index contributed by atoms with van der Waals surface area (Å²) in [6, 6.07) is 16.4. The van der Waals surface area contributed by atoms with E-state index in [1.165, 1.54) is 34.2 Å². The minimum Gasteiger partial charge on any atom is -0.264 e. The van der Waals surface area contributed by atoms with Crippen LogP contribution in [0.3, 0.4) is 0 Å². The molecule has 0 aliphatic heterocycles. The Morgan fingerprint density at radius 3 is 2.45 bits per heavy atom. The second-order valence-corrected chi connectivity index (χ2v) is 8.16. The molecule has 1 heterocycles. The van der Waals surface area contributed by atoms with Gasteiger partial charge in [0.05, 0.1) is 5.70 Å². The first kappa shape index (κ1) is 24.6. The summed E-state index contributed by atoms with van der Waals surface area (Å²) in [6.45, 7) is 14.6. The third kappa shape index (κ3) is 7.48. The van der Waals surface area contributed by atoms with Crippen LogP contribution in [0, 0.1) is 13.8 Å². The third-order valence-corrected chi connectivity index (χ3v) is 5.38. The van der Waals surface area contributed by atoms with E-state index in [2.05, 4.69) is 74.6 Å². The Morgan fingerprint density at radius 2 is 1.81 bits per heavy atom. The highest BCUT2D eigenvalue weighted by atomic mass is 35.5. The van der Waals surface area contributed by atoms with Gasteiger partial charge in [-0.15, -0.1) is 0 Å². The number of nitrogens with zero attached hydrogens (tertiary/aromatic N) is 2. The quantitative estimate of drug-likeness (QED) is 0.362. The van der Waals surface area contributed by atoms with Gasteiger partial charge in [-0.05, 0) is 86.2 Å². The summed E-state index contributed by atoms with van der Waals surface area (Å²) in [5.74, 6) is 0. The smallest absolute Gasteiger partial charge is 0.0649 e. The highest BCUT2D eigenvalue weighted by molar-refractivity contribution is 6.30. The van der Waals surface area contributed by atoms with Crippen LogP contribution in [0.15, 0.2) is 72.5 Å². The van der Waals surface area contributed by atoms with E-state index in [1.807, 2.05) is 25.1 Å². The van der Waals surface area contributed by atoms with Crippen LogP contribution < -0.4 is 0 Å². The van der Waals surface area contributed by atoms with Crippen molar-refractivity contribution in [3.63, 3.8) is 0 Å². The Labute approximate surface area is 192 Å². The van der Waals surface area contributed by atoms with Crippen molar-refractivity contribution in [3.05, 3.63) is 106 Å². The zero-order valence-electron chi connectivity index (χ0n) is 19.4. The molecule has 0 aliphatic rings. The highest BCUT2D eigenvalue weighted by Gasteiger charge is 2.04. The number of hydrogen-bond acceptors (Lipinski definition) is 2. The second kappa shape index (κ2) is 12.2. The van der Waals surface area contributed by atoms with Gasteiger partial charge in [0.1, 0.15) is 0 Å². The van der Waals surface area contributed by atoms with Gasteiger partial charge in [-0.1, -0.05) is 62.2 Å². The number of aliphatic imine (C=N–C) groups is 1. The van der Waals surface area contributed by atoms with Crippen LogP contribution in [0.1, 0.15) is 60.6 Å². The molecule has 3 heteroatoms. The fraction of sp³-hybridized carbons (Fsp3) is 0.286. The fourth-order valence-electron chi connectivity index (χ4n) is 3.43. The molecule has 0 amide bonds. The molecular weight excluding hydrogens is 400 g/mol. The van der Waals surface area contributed by atoms with Gasteiger partial charge in [0.15, 0.2) is 0 Å². The standard InChI is InChI=1S/C17H18N2.C11H15Cl/c1-12-7-8-13(2)17(10-12)15(4)19-14(3)16-6-5-9-18-11-16;1-3-5-10-8-11(12)7-6-9(10)4-2/h5-11H,3H2,1-2,4H3;6-8H,3-5H2,1-2H3. The Hall–Kier alpha value is -2.71. The van der Waals surface area contributed by atoms with Crippen molar-refractivity contribution in [2.75, 3.05) is 0 Å². The first-order valence-electron chi connectivity index (χ1n) is 10.8. The van der Waals surface area contributed by atoms with E-state index in [1.54, 1.807) is 12.4 Å². The molecule has 0 saturated carbocycles.